The number of hydrogen-bond acceptors (Lipinski definition) is 5. The van der Waals surface area contributed by atoms with E-state index in [9.17, 15) is 14.7 Å². The number of methoxy groups -OCH3 is 2. The maximum absolute atomic E-state index is 12.4. The molecule has 0 aliphatic heterocycles. The zero-order valence-corrected chi connectivity index (χ0v) is 10.4. The van der Waals surface area contributed by atoms with Gasteiger partial charge >= 0.3 is 5.97 Å². The third-order valence-corrected chi connectivity index (χ3v) is 4.82. The molecule has 0 amide bonds. The molecule has 0 unspecified atom stereocenters. The number of allylic oxidation sites excluding steroid dienone is 1. The second-order valence-corrected chi connectivity index (χ2v) is 5.42. The quantitative estimate of drug-likeness (QED) is 0.428. The van der Waals surface area contributed by atoms with E-state index in [1.54, 1.807) is 0 Å². The molecule has 2 bridgehead atoms. The molecule has 1 N–H and O–H groups in total. The summed E-state index contributed by atoms with van der Waals surface area (Å²) in [6.07, 6.45) is 4.88. The van der Waals surface area contributed by atoms with Crippen molar-refractivity contribution in [3.8, 4) is 0 Å². The van der Waals surface area contributed by atoms with Gasteiger partial charge in [-0.1, -0.05) is 12.2 Å². The molecule has 0 saturated heterocycles. The lowest BCUT2D eigenvalue weighted by Gasteiger charge is -2.34. The van der Waals surface area contributed by atoms with Crippen LogP contribution in [0.25, 0.3) is 0 Å². The van der Waals surface area contributed by atoms with Crippen LogP contribution in [0, 0.1) is 17.8 Å². The van der Waals surface area contributed by atoms with Gasteiger partial charge in [0.2, 0.25) is 5.60 Å². The first-order chi connectivity index (χ1) is 8.49. The summed E-state index contributed by atoms with van der Waals surface area (Å²) >= 11 is 0. The normalized spacial score (nSPS) is 48.6. The minimum atomic E-state index is -2.04. The third-order valence-electron chi connectivity index (χ3n) is 4.82. The predicted molar refractivity (Wildman–Crippen MR) is 60.6 cm³/mol. The van der Waals surface area contributed by atoms with Crippen LogP contribution in [-0.4, -0.2) is 42.3 Å². The van der Waals surface area contributed by atoms with Gasteiger partial charge < -0.3 is 14.6 Å². The van der Waals surface area contributed by atoms with Crippen molar-refractivity contribution in [1.82, 2.24) is 0 Å². The van der Waals surface area contributed by atoms with Crippen LogP contribution in [0.1, 0.15) is 12.8 Å². The predicted octanol–water partition coefficient (Wildman–Crippen LogP) is 0.0706. The van der Waals surface area contributed by atoms with E-state index >= 15 is 0 Å². The third kappa shape index (κ3) is 1.09. The second kappa shape index (κ2) is 3.42. The molecule has 0 radical (unpaired) electrons. The molecular weight excluding hydrogens is 236 g/mol. The van der Waals surface area contributed by atoms with Gasteiger partial charge in [0, 0.05) is 19.4 Å². The Balaban J connectivity index is 2.05. The molecule has 2 saturated carbocycles. The Morgan fingerprint density at radius 3 is 2.72 bits per heavy atom. The fraction of sp³-hybridized carbons (Fsp3) is 0.692. The van der Waals surface area contributed by atoms with E-state index in [1.807, 2.05) is 12.2 Å². The molecule has 18 heavy (non-hydrogen) atoms. The monoisotopic (exact) mass is 252 g/mol. The number of carbonyl (C=O) groups is 2. The van der Waals surface area contributed by atoms with Crippen molar-refractivity contribution < 1.29 is 24.2 Å². The highest BCUT2D eigenvalue weighted by atomic mass is 16.5. The molecule has 0 aromatic carbocycles. The standard InChI is InChI=1S/C13H16O5/c1-17-11(15)12(16)6-13(18-2)8-4-3-7(5-8)9(13)10(12)14/h3-4,7-9,16H,5-6H2,1-2H3/t7-,8+,9+,12-,13-/m1/s1. The number of esters is 1. The van der Waals surface area contributed by atoms with Crippen molar-refractivity contribution in [1.29, 1.82) is 0 Å². The van der Waals surface area contributed by atoms with E-state index in [2.05, 4.69) is 4.74 Å². The highest BCUT2D eigenvalue weighted by molar-refractivity contribution is 6.11. The maximum Gasteiger partial charge on any atom is 0.345 e. The fourth-order valence-electron chi connectivity index (χ4n) is 4.02. The molecule has 2 fully saturated rings. The van der Waals surface area contributed by atoms with E-state index in [0.29, 0.717) is 0 Å². The number of fused-ring (bicyclic) bond motifs is 5. The minimum Gasteiger partial charge on any atom is -0.467 e. The topological polar surface area (TPSA) is 72.8 Å². The first kappa shape index (κ1) is 11.9. The zero-order chi connectivity index (χ0) is 13.1. The summed E-state index contributed by atoms with van der Waals surface area (Å²) in [5.41, 5.74) is -2.78. The van der Waals surface area contributed by atoms with E-state index in [1.165, 1.54) is 14.2 Å². The number of ketones is 1. The van der Waals surface area contributed by atoms with Gasteiger partial charge in [-0.25, -0.2) is 4.79 Å². The van der Waals surface area contributed by atoms with Gasteiger partial charge in [-0.15, -0.1) is 0 Å². The van der Waals surface area contributed by atoms with E-state index < -0.39 is 28.9 Å². The number of Topliss-reactive ketones (excluding diaryl/α,β-unsaturated/α-hetero) is 1. The van der Waals surface area contributed by atoms with E-state index in [-0.39, 0.29) is 18.3 Å². The number of rotatable bonds is 2. The largest absolute Gasteiger partial charge is 0.467 e. The van der Waals surface area contributed by atoms with Crippen molar-refractivity contribution in [2.24, 2.45) is 17.8 Å². The number of carbonyl (C=O) groups excluding carboxylic acids is 2. The Kier molecular flexibility index (Phi) is 2.26. The van der Waals surface area contributed by atoms with Gasteiger partial charge in [0.1, 0.15) is 0 Å². The lowest BCUT2D eigenvalue weighted by Crippen LogP contribution is -2.46. The van der Waals surface area contributed by atoms with Crippen LogP contribution in [0.15, 0.2) is 12.2 Å². The van der Waals surface area contributed by atoms with Crippen LogP contribution >= 0.6 is 0 Å². The van der Waals surface area contributed by atoms with E-state index in [4.69, 9.17) is 4.74 Å². The van der Waals surface area contributed by atoms with Gasteiger partial charge in [0.15, 0.2) is 5.78 Å². The smallest absolute Gasteiger partial charge is 0.345 e. The molecule has 5 heteroatoms. The van der Waals surface area contributed by atoms with Crippen molar-refractivity contribution in [2.75, 3.05) is 14.2 Å². The van der Waals surface area contributed by atoms with Gasteiger partial charge in [-0.05, 0) is 12.3 Å². The van der Waals surface area contributed by atoms with Gasteiger partial charge in [-0.3, -0.25) is 4.79 Å². The maximum atomic E-state index is 12.4. The summed E-state index contributed by atoms with van der Waals surface area (Å²) in [5.74, 6) is -1.59. The highest BCUT2D eigenvalue weighted by Crippen LogP contribution is 2.60. The van der Waals surface area contributed by atoms with Crippen LogP contribution in [-0.2, 0) is 19.1 Å². The number of ether oxygens (including phenoxy) is 2. The summed E-state index contributed by atoms with van der Waals surface area (Å²) in [6.45, 7) is 0. The van der Waals surface area contributed by atoms with Crippen LogP contribution < -0.4 is 0 Å². The lowest BCUT2D eigenvalue weighted by atomic mass is 9.81. The van der Waals surface area contributed by atoms with Crippen molar-refractivity contribution in [3.05, 3.63) is 12.2 Å². The molecular formula is C13H16O5. The fourth-order valence-corrected chi connectivity index (χ4v) is 4.02. The Hall–Kier alpha value is -1.20. The molecule has 0 heterocycles. The molecule has 3 rings (SSSR count). The van der Waals surface area contributed by atoms with Gasteiger partial charge in [0.25, 0.3) is 0 Å². The lowest BCUT2D eigenvalue weighted by molar-refractivity contribution is -0.168. The minimum absolute atomic E-state index is 0.00181. The van der Waals surface area contributed by atoms with Gasteiger partial charge in [0.05, 0.1) is 18.6 Å². The summed E-state index contributed by atoms with van der Waals surface area (Å²) < 4.78 is 10.1. The molecule has 3 aliphatic carbocycles. The summed E-state index contributed by atoms with van der Waals surface area (Å²) in [7, 11) is 2.71. The SMILES string of the molecule is COC(=O)[C@@]1(O)C[C@]2(OC)[C@H](C1=O)[C@@H]1C=C[C@H]2C1. The number of hydrogen-bond donors (Lipinski definition) is 1. The first-order valence-corrected chi connectivity index (χ1v) is 6.08. The average Bonchev–Trinajstić information content (AvgIpc) is 3.01. The van der Waals surface area contributed by atoms with Crippen LogP contribution in [0.5, 0.6) is 0 Å². The molecule has 0 aromatic rings. The first-order valence-electron chi connectivity index (χ1n) is 6.08. The Morgan fingerprint density at radius 1 is 1.44 bits per heavy atom. The molecule has 0 spiro atoms. The molecule has 3 aliphatic rings. The average molecular weight is 252 g/mol. The van der Waals surface area contributed by atoms with E-state index in [0.717, 1.165) is 6.42 Å². The van der Waals surface area contributed by atoms with Crippen LogP contribution in [0.4, 0.5) is 0 Å². The molecule has 98 valence electrons. The van der Waals surface area contributed by atoms with Crippen molar-refractivity contribution in [3.63, 3.8) is 0 Å². The van der Waals surface area contributed by atoms with Crippen molar-refractivity contribution >= 4 is 11.8 Å². The summed E-state index contributed by atoms with van der Waals surface area (Å²) in [4.78, 5) is 24.1. The highest BCUT2D eigenvalue weighted by Gasteiger charge is 2.72. The Morgan fingerprint density at radius 2 is 2.17 bits per heavy atom. The summed E-state index contributed by atoms with van der Waals surface area (Å²) in [5, 5.41) is 10.4. The van der Waals surface area contributed by atoms with Crippen LogP contribution in [0.2, 0.25) is 0 Å². The van der Waals surface area contributed by atoms with Crippen LogP contribution in [0.3, 0.4) is 0 Å². The van der Waals surface area contributed by atoms with Crippen molar-refractivity contribution in [2.45, 2.75) is 24.0 Å². The summed E-state index contributed by atoms with van der Waals surface area (Å²) in [6, 6.07) is 0. The second-order valence-electron chi connectivity index (χ2n) is 5.42. The Labute approximate surface area is 105 Å². The Bertz CT molecular complexity index is 456. The zero-order valence-electron chi connectivity index (χ0n) is 10.4. The number of aliphatic hydroxyl groups is 1. The molecule has 0 aromatic heterocycles. The molecule has 5 atom stereocenters. The molecule has 5 nitrogen and oxygen atoms in total. The van der Waals surface area contributed by atoms with Gasteiger partial charge in [-0.2, -0.15) is 0 Å².